The highest BCUT2D eigenvalue weighted by Crippen LogP contribution is 2.37. The van der Waals surface area contributed by atoms with E-state index < -0.39 is 11.7 Å². The van der Waals surface area contributed by atoms with Crippen LogP contribution in [0.3, 0.4) is 0 Å². The van der Waals surface area contributed by atoms with Crippen LogP contribution in [-0.4, -0.2) is 20.9 Å². The van der Waals surface area contributed by atoms with E-state index in [1.807, 2.05) is 13.0 Å². The molecule has 0 spiro atoms. The lowest BCUT2D eigenvalue weighted by Gasteiger charge is -2.24. The number of hydrogen-bond acceptors (Lipinski definition) is 3. The number of aromatic hydroxyl groups is 2. The van der Waals surface area contributed by atoms with Gasteiger partial charge in [0.25, 0.3) is 6.08 Å². The predicted octanol–water partition coefficient (Wildman–Crippen LogP) is 5.99. The molecular weight excluding hydrogens is 350 g/mol. The highest BCUT2D eigenvalue weighted by atomic mass is 19.3. The minimum atomic E-state index is -1.65. The number of phenolic OH excluding ortho intramolecular Hbond substituents is 2. The monoisotopic (exact) mass is 382 g/mol. The fraction of sp³-hybridized carbons (Fsp3) is 0.545. The molecule has 3 N–H and O–H groups in total. The third kappa shape index (κ3) is 6.98. The molecule has 27 heavy (non-hydrogen) atoms. The van der Waals surface area contributed by atoms with E-state index >= 15 is 0 Å². The predicted molar refractivity (Wildman–Crippen MR) is 105 cm³/mol. The molecule has 0 aromatic heterocycles. The second kappa shape index (κ2) is 9.88. The smallest absolute Gasteiger partial charge is 0.266 e. The molecule has 0 saturated heterocycles. The summed E-state index contributed by atoms with van der Waals surface area (Å²) in [7, 11) is 0. The SMILES string of the molecule is C/C(=C\CC[C@](C)(O)CCc1c(C)c(O)c(C)c(C)c1O)CCC=C(F)F. The van der Waals surface area contributed by atoms with Gasteiger partial charge < -0.3 is 15.3 Å². The molecule has 0 amide bonds. The molecule has 0 fully saturated rings. The van der Waals surface area contributed by atoms with Crippen molar-refractivity contribution in [1.29, 1.82) is 0 Å². The second-order valence-electron chi connectivity index (χ2n) is 7.67. The first-order chi connectivity index (χ1) is 12.5. The van der Waals surface area contributed by atoms with Crippen LogP contribution < -0.4 is 0 Å². The number of phenols is 2. The summed E-state index contributed by atoms with van der Waals surface area (Å²) in [5.74, 6) is 0.375. The molecule has 0 bridgehead atoms. The normalized spacial score (nSPS) is 14.1. The van der Waals surface area contributed by atoms with Crippen molar-refractivity contribution in [3.05, 3.63) is 46.1 Å². The quantitative estimate of drug-likeness (QED) is 0.363. The first-order valence-electron chi connectivity index (χ1n) is 9.36. The Morgan fingerprint density at radius 3 is 2.11 bits per heavy atom. The van der Waals surface area contributed by atoms with Gasteiger partial charge in [-0.05, 0) is 95.9 Å². The van der Waals surface area contributed by atoms with Crippen LogP contribution in [0.4, 0.5) is 8.78 Å². The van der Waals surface area contributed by atoms with E-state index in [1.165, 1.54) is 0 Å². The molecular formula is C22H32F2O3. The number of benzene rings is 1. The van der Waals surface area contributed by atoms with Crippen molar-refractivity contribution in [2.75, 3.05) is 0 Å². The molecule has 3 nitrogen and oxygen atoms in total. The van der Waals surface area contributed by atoms with Crippen molar-refractivity contribution in [1.82, 2.24) is 0 Å². The Hall–Kier alpha value is -1.88. The Morgan fingerprint density at radius 1 is 0.926 bits per heavy atom. The molecule has 0 heterocycles. The van der Waals surface area contributed by atoms with Gasteiger partial charge in [0.15, 0.2) is 0 Å². The molecule has 5 heteroatoms. The van der Waals surface area contributed by atoms with Gasteiger partial charge in [0.2, 0.25) is 0 Å². The van der Waals surface area contributed by atoms with Crippen LogP contribution in [0, 0.1) is 20.8 Å². The molecule has 152 valence electrons. The summed E-state index contributed by atoms with van der Waals surface area (Å²) in [5.41, 5.74) is 2.75. The van der Waals surface area contributed by atoms with Crippen LogP contribution >= 0.6 is 0 Å². The molecule has 0 aliphatic carbocycles. The Labute approximate surface area is 161 Å². The molecule has 0 unspecified atom stereocenters. The minimum absolute atomic E-state index is 0.183. The van der Waals surface area contributed by atoms with E-state index in [0.29, 0.717) is 60.8 Å². The standard InChI is InChI=1S/C22H32F2O3/c1-14(8-6-10-19(23)24)9-7-12-22(5,27)13-11-18-17(4)20(25)15(2)16(3)21(18)26/h9-10,25-27H,6-8,11-13H2,1-5H3/b14-9+/t22-/m0/s1. The largest absolute Gasteiger partial charge is 0.507 e. The van der Waals surface area contributed by atoms with Gasteiger partial charge in [0.1, 0.15) is 11.5 Å². The summed E-state index contributed by atoms with van der Waals surface area (Å²) in [6.07, 6.45) is 4.24. The molecule has 1 aromatic rings. The van der Waals surface area contributed by atoms with Crippen molar-refractivity contribution in [3.8, 4) is 11.5 Å². The summed E-state index contributed by atoms with van der Waals surface area (Å²) in [5, 5.41) is 31.2. The summed E-state index contributed by atoms with van der Waals surface area (Å²) >= 11 is 0. The molecule has 0 aliphatic rings. The zero-order valence-corrected chi connectivity index (χ0v) is 17.0. The molecule has 1 aromatic carbocycles. The Morgan fingerprint density at radius 2 is 1.52 bits per heavy atom. The average Bonchev–Trinajstić information content (AvgIpc) is 2.57. The van der Waals surface area contributed by atoms with Crippen LogP contribution in [0.2, 0.25) is 0 Å². The van der Waals surface area contributed by atoms with Gasteiger partial charge in [-0.15, -0.1) is 0 Å². The highest BCUT2D eigenvalue weighted by Gasteiger charge is 2.23. The molecule has 0 aliphatic heterocycles. The number of allylic oxidation sites excluding steroid dienone is 3. The number of rotatable bonds is 9. The van der Waals surface area contributed by atoms with Crippen molar-refractivity contribution in [2.24, 2.45) is 0 Å². The van der Waals surface area contributed by atoms with Crippen molar-refractivity contribution >= 4 is 0 Å². The number of hydrogen-bond donors (Lipinski definition) is 3. The Bertz CT molecular complexity index is 686. The van der Waals surface area contributed by atoms with Crippen molar-refractivity contribution < 1.29 is 24.1 Å². The molecule has 0 radical (unpaired) electrons. The molecule has 1 atom stereocenters. The maximum Gasteiger partial charge on any atom is 0.266 e. The number of halogens is 2. The zero-order valence-electron chi connectivity index (χ0n) is 17.0. The van der Waals surface area contributed by atoms with E-state index in [1.54, 1.807) is 27.7 Å². The highest BCUT2D eigenvalue weighted by molar-refractivity contribution is 5.56. The molecule has 1 rings (SSSR count). The van der Waals surface area contributed by atoms with Crippen LogP contribution in [0.5, 0.6) is 11.5 Å². The van der Waals surface area contributed by atoms with E-state index in [2.05, 4.69) is 0 Å². The van der Waals surface area contributed by atoms with Crippen LogP contribution in [0.1, 0.15) is 68.2 Å². The van der Waals surface area contributed by atoms with Gasteiger partial charge in [-0.25, -0.2) is 0 Å². The first kappa shape index (κ1) is 23.2. The topological polar surface area (TPSA) is 60.7 Å². The second-order valence-corrected chi connectivity index (χ2v) is 7.67. The summed E-state index contributed by atoms with van der Waals surface area (Å²) < 4.78 is 24.0. The van der Waals surface area contributed by atoms with Crippen molar-refractivity contribution in [2.45, 2.75) is 78.7 Å². The van der Waals surface area contributed by atoms with Crippen LogP contribution in [0.25, 0.3) is 0 Å². The average molecular weight is 382 g/mol. The third-order valence-corrected chi connectivity index (χ3v) is 5.29. The lowest BCUT2D eigenvalue weighted by atomic mass is 9.88. The Kier molecular flexibility index (Phi) is 8.48. The maximum atomic E-state index is 12.0. The minimum Gasteiger partial charge on any atom is -0.507 e. The zero-order chi connectivity index (χ0) is 20.8. The van der Waals surface area contributed by atoms with Gasteiger partial charge in [-0.3, -0.25) is 0 Å². The maximum absolute atomic E-state index is 12.0. The van der Waals surface area contributed by atoms with E-state index in [-0.39, 0.29) is 11.5 Å². The van der Waals surface area contributed by atoms with Gasteiger partial charge >= 0.3 is 0 Å². The van der Waals surface area contributed by atoms with E-state index in [0.717, 1.165) is 11.6 Å². The van der Waals surface area contributed by atoms with Gasteiger partial charge in [0.05, 0.1) is 5.60 Å². The summed E-state index contributed by atoms with van der Waals surface area (Å²) in [6.45, 7) is 8.96. The van der Waals surface area contributed by atoms with Gasteiger partial charge in [0, 0.05) is 5.56 Å². The summed E-state index contributed by atoms with van der Waals surface area (Å²) in [4.78, 5) is 0. The fourth-order valence-corrected chi connectivity index (χ4v) is 3.15. The fourth-order valence-electron chi connectivity index (χ4n) is 3.15. The summed E-state index contributed by atoms with van der Waals surface area (Å²) in [6, 6.07) is 0. The van der Waals surface area contributed by atoms with Gasteiger partial charge in [-0.1, -0.05) is 11.6 Å². The van der Waals surface area contributed by atoms with Gasteiger partial charge in [-0.2, -0.15) is 8.78 Å². The van der Waals surface area contributed by atoms with Crippen LogP contribution in [-0.2, 0) is 6.42 Å². The Balaban J connectivity index is 2.66. The van der Waals surface area contributed by atoms with E-state index in [4.69, 9.17) is 0 Å². The lowest BCUT2D eigenvalue weighted by Crippen LogP contribution is -2.24. The van der Waals surface area contributed by atoms with Crippen molar-refractivity contribution in [3.63, 3.8) is 0 Å². The molecule has 0 saturated carbocycles. The first-order valence-corrected chi connectivity index (χ1v) is 9.36. The van der Waals surface area contributed by atoms with E-state index in [9.17, 15) is 24.1 Å². The van der Waals surface area contributed by atoms with Crippen LogP contribution in [0.15, 0.2) is 23.8 Å². The lowest BCUT2D eigenvalue weighted by molar-refractivity contribution is 0.0431. The number of aliphatic hydroxyl groups is 1. The third-order valence-electron chi connectivity index (χ3n) is 5.29.